The second kappa shape index (κ2) is 5.07. The van der Waals surface area contributed by atoms with Crippen molar-refractivity contribution in [3.8, 4) is 11.5 Å². The summed E-state index contributed by atoms with van der Waals surface area (Å²) in [6, 6.07) is 5.54. The molecule has 0 spiro atoms. The molecule has 2 aliphatic rings. The molecule has 0 radical (unpaired) electrons. The van der Waals surface area contributed by atoms with Crippen LogP contribution < -0.4 is 9.47 Å². The van der Waals surface area contributed by atoms with Gasteiger partial charge in [0.2, 0.25) is 12.7 Å². The highest BCUT2D eigenvalue weighted by atomic mass is 16.7. The summed E-state index contributed by atoms with van der Waals surface area (Å²) < 4.78 is 10.5. The molecule has 1 N–H and O–H groups in total. The second-order valence-electron chi connectivity index (χ2n) is 5.90. The lowest BCUT2D eigenvalue weighted by Gasteiger charge is -2.48. The van der Waals surface area contributed by atoms with Gasteiger partial charge in [-0.1, -0.05) is 19.9 Å². The Morgan fingerprint density at radius 2 is 2.05 bits per heavy atom. The fraction of sp³-hybridized carbons (Fsp3) is 0.438. The first-order chi connectivity index (χ1) is 9.98. The number of ether oxygens (including phenoxy) is 2. The van der Waals surface area contributed by atoms with Gasteiger partial charge in [0.25, 0.3) is 0 Å². The Bertz CT molecular complexity index is 588. The summed E-state index contributed by atoms with van der Waals surface area (Å²) in [5.74, 6) is 1.49. The Kier molecular flexibility index (Phi) is 3.37. The van der Waals surface area contributed by atoms with Gasteiger partial charge in [-0.15, -0.1) is 0 Å². The number of likely N-dealkylation sites (tertiary alicyclic amines) is 1. The lowest BCUT2D eigenvalue weighted by atomic mass is 9.83. The standard InChI is InChI=1S/C16H19NO4/c1-11(2)16(19)8-17(9-16)15(18)6-4-12-3-5-13-14(7-12)21-10-20-13/h3-7,11,19H,8-10H2,1-2H3. The number of carbonyl (C=O) groups excluding carboxylic acids is 1. The zero-order valence-corrected chi connectivity index (χ0v) is 12.2. The van der Waals surface area contributed by atoms with Crippen LogP contribution in [0.25, 0.3) is 6.08 Å². The highest BCUT2D eigenvalue weighted by molar-refractivity contribution is 5.92. The largest absolute Gasteiger partial charge is 0.454 e. The van der Waals surface area contributed by atoms with E-state index in [9.17, 15) is 9.90 Å². The minimum atomic E-state index is -0.734. The maximum Gasteiger partial charge on any atom is 0.246 e. The maximum atomic E-state index is 12.0. The molecule has 3 rings (SSSR count). The van der Waals surface area contributed by atoms with E-state index in [1.165, 1.54) is 6.08 Å². The highest BCUT2D eigenvalue weighted by Crippen LogP contribution is 2.33. The second-order valence-corrected chi connectivity index (χ2v) is 5.90. The molecule has 0 saturated carbocycles. The fourth-order valence-corrected chi connectivity index (χ4v) is 2.43. The Hall–Kier alpha value is -2.01. The summed E-state index contributed by atoms with van der Waals surface area (Å²) in [6.45, 7) is 4.96. The lowest BCUT2D eigenvalue weighted by Crippen LogP contribution is -2.65. The van der Waals surface area contributed by atoms with Crippen molar-refractivity contribution in [2.24, 2.45) is 5.92 Å². The Labute approximate surface area is 123 Å². The van der Waals surface area contributed by atoms with Crippen molar-refractivity contribution in [1.82, 2.24) is 4.90 Å². The molecule has 112 valence electrons. The van der Waals surface area contributed by atoms with Gasteiger partial charge >= 0.3 is 0 Å². The number of hydrogen-bond acceptors (Lipinski definition) is 4. The molecule has 0 atom stereocenters. The van der Waals surface area contributed by atoms with Crippen molar-refractivity contribution in [3.63, 3.8) is 0 Å². The number of benzene rings is 1. The van der Waals surface area contributed by atoms with Gasteiger partial charge in [0.05, 0.1) is 13.1 Å². The van der Waals surface area contributed by atoms with E-state index < -0.39 is 5.60 Å². The smallest absolute Gasteiger partial charge is 0.246 e. The SMILES string of the molecule is CC(C)C1(O)CN(C(=O)C=Cc2ccc3c(c2)OCO3)C1. The van der Waals surface area contributed by atoms with Gasteiger partial charge in [0.1, 0.15) is 5.60 Å². The number of amides is 1. The van der Waals surface area contributed by atoms with Gasteiger partial charge in [-0.25, -0.2) is 0 Å². The average molecular weight is 289 g/mol. The third-order valence-corrected chi connectivity index (χ3v) is 4.13. The molecule has 2 heterocycles. The first kappa shape index (κ1) is 13.9. The monoisotopic (exact) mass is 289 g/mol. The molecule has 1 saturated heterocycles. The van der Waals surface area contributed by atoms with Crippen molar-refractivity contribution in [2.45, 2.75) is 19.4 Å². The fourth-order valence-electron chi connectivity index (χ4n) is 2.43. The van der Waals surface area contributed by atoms with Gasteiger partial charge in [-0.05, 0) is 29.7 Å². The summed E-state index contributed by atoms with van der Waals surface area (Å²) in [4.78, 5) is 13.7. The highest BCUT2D eigenvalue weighted by Gasteiger charge is 2.45. The normalized spacial score (nSPS) is 19.1. The molecule has 0 aromatic heterocycles. The minimum Gasteiger partial charge on any atom is -0.454 e. The molecule has 21 heavy (non-hydrogen) atoms. The molecule has 5 heteroatoms. The van der Waals surface area contributed by atoms with E-state index in [-0.39, 0.29) is 18.6 Å². The summed E-state index contributed by atoms with van der Waals surface area (Å²) >= 11 is 0. The minimum absolute atomic E-state index is 0.0852. The Morgan fingerprint density at radius 1 is 1.33 bits per heavy atom. The van der Waals surface area contributed by atoms with E-state index in [0.717, 1.165) is 11.3 Å². The van der Waals surface area contributed by atoms with E-state index >= 15 is 0 Å². The van der Waals surface area contributed by atoms with Crippen LogP contribution in [-0.2, 0) is 4.79 Å². The third kappa shape index (κ3) is 2.61. The molecular weight excluding hydrogens is 270 g/mol. The van der Waals surface area contributed by atoms with E-state index in [2.05, 4.69) is 0 Å². The van der Waals surface area contributed by atoms with Crippen LogP contribution in [0.5, 0.6) is 11.5 Å². The van der Waals surface area contributed by atoms with Crippen LogP contribution in [0.3, 0.4) is 0 Å². The topological polar surface area (TPSA) is 59.0 Å². The van der Waals surface area contributed by atoms with Gasteiger partial charge in [0, 0.05) is 6.08 Å². The number of nitrogens with zero attached hydrogens (tertiary/aromatic N) is 1. The zero-order chi connectivity index (χ0) is 15.0. The molecule has 1 aromatic carbocycles. The zero-order valence-electron chi connectivity index (χ0n) is 12.2. The number of β-amino-alcohol motifs (C(OH)–C–C–N with tert-alkyl or cyclic N) is 1. The number of rotatable bonds is 3. The molecule has 2 aliphatic heterocycles. The van der Waals surface area contributed by atoms with E-state index in [1.54, 1.807) is 11.0 Å². The summed E-state index contributed by atoms with van der Waals surface area (Å²) in [5, 5.41) is 10.1. The number of carbonyl (C=O) groups is 1. The third-order valence-electron chi connectivity index (χ3n) is 4.13. The first-order valence-electron chi connectivity index (χ1n) is 7.07. The molecule has 1 aromatic rings. The molecule has 5 nitrogen and oxygen atoms in total. The molecule has 1 fully saturated rings. The molecule has 1 amide bonds. The number of fused-ring (bicyclic) bond motifs is 1. The van der Waals surface area contributed by atoms with Crippen LogP contribution in [0.4, 0.5) is 0 Å². The Balaban J connectivity index is 1.61. The maximum absolute atomic E-state index is 12.0. The van der Waals surface area contributed by atoms with Crippen LogP contribution in [0.1, 0.15) is 19.4 Å². The lowest BCUT2D eigenvalue weighted by molar-refractivity contribution is -0.158. The van der Waals surface area contributed by atoms with Crippen molar-refractivity contribution in [2.75, 3.05) is 19.9 Å². The van der Waals surface area contributed by atoms with E-state index in [4.69, 9.17) is 9.47 Å². The first-order valence-corrected chi connectivity index (χ1v) is 7.07. The van der Waals surface area contributed by atoms with Crippen LogP contribution in [0.2, 0.25) is 0 Å². The summed E-state index contributed by atoms with van der Waals surface area (Å²) in [7, 11) is 0. The molecule has 0 unspecified atom stereocenters. The van der Waals surface area contributed by atoms with Crippen LogP contribution >= 0.6 is 0 Å². The van der Waals surface area contributed by atoms with Crippen molar-refractivity contribution < 1.29 is 19.4 Å². The van der Waals surface area contributed by atoms with E-state index in [0.29, 0.717) is 18.8 Å². The molecular formula is C16H19NO4. The van der Waals surface area contributed by atoms with Gasteiger partial charge in [-0.2, -0.15) is 0 Å². The van der Waals surface area contributed by atoms with Crippen molar-refractivity contribution in [1.29, 1.82) is 0 Å². The van der Waals surface area contributed by atoms with Gasteiger partial charge in [0.15, 0.2) is 11.5 Å². The predicted octanol–water partition coefficient (Wildman–Crippen LogP) is 1.66. The van der Waals surface area contributed by atoms with Gasteiger partial charge < -0.3 is 19.5 Å². The van der Waals surface area contributed by atoms with Gasteiger partial charge in [-0.3, -0.25) is 4.79 Å². The average Bonchev–Trinajstić information content (AvgIpc) is 2.88. The number of aliphatic hydroxyl groups is 1. The van der Waals surface area contributed by atoms with Crippen LogP contribution in [0.15, 0.2) is 24.3 Å². The Morgan fingerprint density at radius 3 is 2.76 bits per heavy atom. The van der Waals surface area contributed by atoms with Crippen molar-refractivity contribution in [3.05, 3.63) is 29.8 Å². The van der Waals surface area contributed by atoms with E-state index in [1.807, 2.05) is 32.0 Å². The molecule has 0 bridgehead atoms. The predicted molar refractivity (Wildman–Crippen MR) is 78.0 cm³/mol. The van der Waals surface area contributed by atoms with Crippen LogP contribution in [-0.4, -0.2) is 41.4 Å². The summed E-state index contributed by atoms with van der Waals surface area (Å²) in [6.07, 6.45) is 3.27. The van der Waals surface area contributed by atoms with Crippen LogP contribution in [0, 0.1) is 5.92 Å². The summed E-state index contributed by atoms with van der Waals surface area (Å²) in [5.41, 5.74) is 0.148. The van der Waals surface area contributed by atoms with Crippen molar-refractivity contribution >= 4 is 12.0 Å². The molecule has 0 aliphatic carbocycles. The quantitative estimate of drug-likeness (QED) is 0.860. The number of hydrogen-bond donors (Lipinski definition) is 1.